The second-order valence-corrected chi connectivity index (χ2v) is 6.46. The summed E-state index contributed by atoms with van der Waals surface area (Å²) >= 11 is 5.75. The smallest absolute Gasteiger partial charge is 0.294 e. The van der Waals surface area contributed by atoms with Gasteiger partial charge in [-0.15, -0.1) is 0 Å². The highest BCUT2D eigenvalue weighted by Gasteiger charge is 2.18. The molecule has 0 saturated heterocycles. The Hall–Kier alpha value is -2.39. The van der Waals surface area contributed by atoms with Crippen molar-refractivity contribution in [1.82, 2.24) is 4.98 Å². The molecule has 1 heterocycles. The molecule has 0 saturated carbocycles. The first kappa shape index (κ1) is 16.0. The van der Waals surface area contributed by atoms with E-state index in [2.05, 4.69) is 9.71 Å². The number of nitro benzene ring substituents is 1. The summed E-state index contributed by atoms with van der Waals surface area (Å²) in [5.41, 5.74) is 5.53. The molecule has 0 unspecified atom stereocenters. The Morgan fingerprint density at radius 1 is 1.36 bits per heavy atom. The van der Waals surface area contributed by atoms with E-state index >= 15 is 0 Å². The first-order valence-corrected chi connectivity index (χ1v) is 7.75. The molecule has 3 N–H and O–H groups in total. The normalized spacial score (nSPS) is 11.2. The van der Waals surface area contributed by atoms with Crippen molar-refractivity contribution in [2.24, 2.45) is 0 Å². The molecule has 1 aromatic heterocycles. The summed E-state index contributed by atoms with van der Waals surface area (Å²) in [6, 6.07) is 4.98. The number of sulfonamides is 1. The lowest BCUT2D eigenvalue weighted by molar-refractivity contribution is -0.383. The molecular weight excluding hydrogens is 332 g/mol. The lowest BCUT2D eigenvalue weighted by Crippen LogP contribution is -2.14. The summed E-state index contributed by atoms with van der Waals surface area (Å²) in [6.07, 6.45) is 1.10. The molecule has 0 amide bonds. The minimum atomic E-state index is -3.94. The van der Waals surface area contributed by atoms with Crippen molar-refractivity contribution in [1.29, 1.82) is 0 Å². The third kappa shape index (κ3) is 3.26. The molecule has 22 heavy (non-hydrogen) atoms. The fraction of sp³-hybridized carbons (Fsp3) is 0.0833. The van der Waals surface area contributed by atoms with Gasteiger partial charge in [0.05, 0.1) is 10.6 Å². The van der Waals surface area contributed by atoms with Crippen LogP contribution < -0.4 is 10.5 Å². The van der Waals surface area contributed by atoms with Gasteiger partial charge in [0.2, 0.25) is 0 Å². The molecule has 0 aliphatic rings. The molecule has 8 nitrogen and oxygen atoms in total. The molecule has 1 aromatic carbocycles. The molecule has 10 heteroatoms. The number of hydrogen-bond acceptors (Lipinski definition) is 6. The maximum atomic E-state index is 12.2. The summed E-state index contributed by atoms with van der Waals surface area (Å²) in [7, 11) is -3.94. The van der Waals surface area contributed by atoms with Crippen LogP contribution in [0, 0.1) is 17.0 Å². The van der Waals surface area contributed by atoms with E-state index in [1.807, 2.05) is 0 Å². The quantitative estimate of drug-likeness (QED) is 0.380. The van der Waals surface area contributed by atoms with E-state index in [0.717, 1.165) is 12.3 Å². The molecule has 0 fully saturated rings. The van der Waals surface area contributed by atoms with E-state index in [1.54, 1.807) is 6.92 Å². The van der Waals surface area contributed by atoms with E-state index < -0.39 is 14.9 Å². The number of nitrogens with two attached hydrogens (primary N) is 1. The van der Waals surface area contributed by atoms with Crippen LogP contribution in [0.1, 0.15) is 5.56 Å². The molecular formula is C12H11ClN4O4S. The monoisotopic (exact) mass is 342 g/mol. The molecule has 0 aliphatic heterocycles. The minimum Gasteiger partial charge on any atom is -0.393 e. The topological polar surface area (TPSA) is 128 Å². The lowest BCUT2D eigenvalue weighted by atomic mass is 10.2. The summed E-state index contributed by atoms with van der Waals surface area (Å²) in [5, 5.41) is 11.0. The van der Waals surface area contributed by atoms with E-state index in [-0.39, 0.29) is 27.1 Å². The van der Waals surface area contributed by atoms with Gasteiger partial charge in [-0.25, -0.2) is 13.4 Å². The highest BCUT2D eigenvalue weighted by molar-refractivity contribution is 7.92. The Bertz CT molecular complexity index is 854. The number of benzene rings is 1. The van der Waals surface area contributed by atoms with Gasteiger partial charge in [0.25, 0.3) is 15.7 Å². The molecule has 0 spiro atoms. The largest absolute Gasteiger partial charge is 0.393 e. The number of nitrogens with zero attached hydrogens (tertiary/aromatic N) is 2. The molecule has 0 radical (unpaired) electrons. The SMILES string of the molecule is Cc1cc(S(=O)(=O)Nc2ccc(N)c([N+](=O)[O-])c2)cnc1Cl. The van der Waals surface area contributed by atoms with Crippen molar-refractivity contribution >= 4 is 38.7 Å². The summed E-state index contributed by atoms with van der Waals surface area (Å²) in [4.78, 5) is 13.8. The van der Waals surface area contributed by atoms with Gasteiger partial charge in [-0.05, 0) is 30.7 Å². The van der Waals surface area contributed by atoms with Gasteiger partial charge < -0.3 is 5.73 Å². The van der Waals surface area contributed by atoms with Crippen LogP contribution in [-0.2, 0) is 10.0 Å². The number of nitrogens with one attached hydrogen (secondary N) is 1. The Labute approximate surface area is 131 Å². The number of pyridine rings is 1. The Kier molecular flexibility index (Phi) is 4.20. The zero-order valence-electron chi connectivity index (χ0n) is 11.3. The van der Waals surface area contributed by atoms with E-state index in [4.69, 9.17) is 17.3 Å². The second kappa shape index (κ2) is 5.78. The maximum Gasteiger partial charge on any atom is 0.294 e. The summed E-state index contributed by atoms with van der Waals surface area (Å²) < 4.78 is 26.7. The van der Waals surface area contributed by atoms with Crippen LogP contribution in [0.3, 0.4) is 0 Å². The van der Waals surface area contributed by atoms with Gasteiger partial charge in [0, 0.05) is 12.3 Å². The van der Waals surface area contributed by atoms with Crippen LogP contribution >= 0.6 is 11.6 Å². The number of aryl methyl sites for hydroxylation is 1. The van der Waals surface area contributed by atoms with Crippen LogP contribution in [0.15, 0.2) is 35.4 Å². The van der Waals surface area contributed by atoms with Crippen molar-refractivity contribution in [2.75, 3.05) is 10.5 Å². The van der Waals surface area contributed by atoms with Crippen molar-refractivity contribution < 1.29 is 13.3 Å². The zero-order valence-corrected chi connectivity index (χ0v) is 12.9. The maximum absolute atomic E-state index is 12.2. The molecule has 2 rings (SSSR count). The van der Waals surface area contributed by atoms with E-state index in [0.29, 0.717) is 5.56 Å². The lowest BCUT2D eigenvalue weighted by Gasteiger charge is -2.09. The first-order valence-electron chi connectivity index (χ1n) is 5.89. The zero-order chi connectivity index (χ0) is 16.5. The van der Waals surface area contributed by atoms with Crippen molar-refractivity contribution in [2.45, 2.75) is 11.8 Å². The van der Waals surface area contributed by atoms with Crippen LogP contribution in [0.4, 0.5) is 17.1 Å². The predicted molar refractivity (Wildman–Crippen MR) is 82.3 cm³/mol. The van der Waals surface area contributed by atoms with Gasteiger partial charge in [-0.1, -0.05) is 11.6 Å². The molecule has 0 aliphatic carbocycles. The fourth-order valence-electron chi connectivity index (χ4n) is 1.66. The number of hydrogen-bond donors (Lipinski definition) is 2. The van der Waals surface area contributed by atoms with Gasteiger partial charge in [-0.3, -0.25) is 14.8 Å². The average Bonchev–Trinajstić information content (AvgIpc) is 2.43. The number of nitro groups is 1. The van der Waals surface area contributed by atoms with Gasteiger partial charge in [0.1, 0.15) is 15.7 Å². The second-order valence-electron chi connectivity index (χ2n) is 4.41. The van der Waals surface area contributed by atoms with Crippen molar-refractivity contribution in [3.63, 3.8) is 0 Å². The summed E-state index contributed by atoms with van der Waals surface area (Å²) in [5.74, 6) is 0. The standard InChI is InChI=1S/C12H11ClN4O4S/c1-7-4-9(6-15-12(7)13)22(20,21)16-8-2-3-10(14)11(5-8)17(18)19/h2-6,16H,14H2,1H3. The number of rotatable bonds is 4. The summed E-state index contributed by atoms with van der Waals surface area (Å²) in [6.45, 7) is 1.61. The van der Waals surface area contributed by atoms with Crippen molar-refractivity contribution in [3.05, 3.63) is 51.3 Å². The van der Waals surface area contributed by atoms with Crippen LogP contribution in [-0.4, -0.2) is 18.3 Å². The van der Waals surface area contributed by atoms with Crippen molar-refractivity contribution in [3.8, 4) is 0 Å². The fourth-order valence-corrected chi connectivity index (χ4v) is 2.84. The van der Waals surface area contributed by atoms with Crippen LogP contribution in [0.2, 0.25) is 5.15 Å². The van der Waals surface area contributed by atoms with Crippen LogP contribution in [0.5, 0.6) is 0 Å². The Morgan fingerprint density at radius 3 is 2.64 bits per heavy atom. The first-order chi connectivity index (χ1) is 10.2. The predicted octanol–water partition coefficient (Wildman–Crippen LogP) is 2.33. The third-order valence-corrected chi connectivity index (χ3v) is 4.52. The number of anilines is 2. The van der Waals surface area contributed by atoms with Crippen LogP contribution in [0.25, 0.3) is 0 Å². The number of aromatic nitrogens is 1. The Balaban J connectivity index is 2.38. The Morgan fingerprint density at radius 2 is 2.05 bits per heavy atom. The molecule has 0 bridgehead atoms. The van der Waals surface area contributed by atoms with Gasteiger partial charge in [-0.2, -0.15) is 0 Å². The minimum absolute atomic E-state index is 0.0218. The van der Waals surface area contributed by atoms with Gasteiger partial charge >= 0.3 is 0 Å². The average molecular weight is 343 g/mol. The highest BCUT2D eigenvalue weighted by Crippen LogP contribution is 2.27. The molecule has 2 aromatic rings. The van der Waals surface area contributed by atoms with Gasteiger partial charge in [0.15, 0.2) is 0 Å². The number of nitrogen functional groups attached to an aromatic ring is 1. The molecule has 116 valence electrons. The van der Waals surface area contributed by atoms with E-state index in [1.165, 1.54) is 18.2 Å². The highest BCUT2D eigenvalue weighted by atomic mass is 35.5. The number of halogens is 1. The third-order valence-electron chi connectivity index (χ3n) is 2.78. The van der Waals surface area contributed by atoms with E-state index in [9.17, 15) is 18.5 Å². The molecule has 0 atom stereocenters.